The summed E-state index contributed by atoms with van der Waals surface area (Å²) in [5, 5.41) is 13.3. The Kier molecular flexibility index (Phi) is 3.55. The largest absolute Gasteiger partial charge is 0.368 e. The predicted octanol–water partition coefficient (Wildman–Crippen LogP) is 0.630. The molecule has 2 rings (SSSR count). The van der Waals surface area contributed by atoms with Gasteiger partial charge in [0.15, 0.2) is 15.5 Å². The van der Waals surface area contributed by atoms with Crippen molar-refractivity contribution in [1.82, 2.24) is 20.2 Å². The number of aromatic nitrogens is 4. The predicted molar refractivity (Wildman–Crippen MR) is 78.6 cm³/mol. The molecule has 3 N–H and O–H groups in total. The van der Waals surface area contributed by atoms with Crippen molar-refractivity contribution in [3.63, 3.8) is 0 Å². The van der Waals surface area contributed by atoms with Gasteiger partial charge < -0.3 is 10.6 Å². The summed E-state index contributed by atoms with van der Waals surface area (Å²) in [7, 11) is -1.46. The summed E-state index contributed by atoms with van der Waals surface area (Å²) in [6, 6.07) is 0. The van der Waals surface area contributed by atoms with Crippen molar-refractivity contribution in [3.8, 4) is 0 Å². The Hall–Kier alpha value is -1.90. The van der Waals surface area contributed by atoms with Crippen molar-refractivity contribution in [2.24, 2.45) is 0 Å². The number of H-pyrrole nitrogens is 1. The van der Waals surface area contributed by atoms with Gasteiger partial charge >= 0.3 is 0 Å². The fourth-order valence-electron chi connectivity index (χ4n) is 1.51. The number of nitrogens with zero attached hydrogens (tertiary/aromatic N) is 3. The summed E-state index contributed by atoms with van der Waals surface area (Å²) in [4.78, 5) is 8.50. The van der Waals surface area contributed by atoms with E-state index < -0.39 is 14.6 Å². The summed E-state index contributed by atoms with van der Waals surface area (Å²) in [5.74, 6) is 0.978. The second-order valence-corrected chi connectivity index (χ2v) is 7.81. The minimum Gasteiger partial charge on any atom is -0.368 e. The minimum atomic E-state index is -3.17. The zero-order chi connectivity index (χ0) is 15.0. The Morgan fingerprint density at radius 3 is 2.65 bits per heavy atom. The minimum absolute atomic E-state index is 0.242. The molecule has 0 atom stereocenters. The summed E-state index contributed by atoms with van der Waals surface area (Å²) in [6.45, 7) is 3.58. The van der Waals surface area contributed by atoms with E-state index in [1.165, 1.54) is 6.26 Å². The van der Waals surface area contributed by atoms with Crippen LogP contribution in [0.2, 0.25) is 0 Å². The molecule has 0 fully saturated rings. The number of hydrogen-bond acceptors (Lipinski definition) is 7. The smallest absolute Gasteiger partial charge is 0.226 e. The van der Waals surface area contributed by atoms with E-state index in [4.69, 9.17) is 0 Å². The van der Waals surface area contributed by atoms with Crippen LogP contribution in [-0.2, 0) is 9.84 Å². The highest BCUT2D eigenvalue weighted by Crippen LogP contribution is 2.22. The van der Waals surface area contributed by atoms with E-state index in [0.29, 0.717) is 22.8 Å². The zero-order valence-electron chi connectivity index (χ0n) is 11.9. The van der Waals surface area contributed by atoms with Gasteiger partial charge in [-0.25, -0.2) is 8.42 Å². The highest BCUT2D eigenvalue weighted by Gasteiger charge is 2.30. The van der Waals surface area contributed by atoms with Gasteiger partial charge in [0.05, 0.1) is 16.3 Å². The maximum absolute atomic E-state index is 11.7. The first-order valence-electron chi connectivity index (χ1n) is 6.07. The fourth-order valence-corrected chi connectivity index (χ4v) is 1.84. The molecule has 0 aromatic carbocycles. The SMILES string of the molecule is CNc1nc(NCC(C)(C)S(C)(=O)=O)c2cn[nH]c2n1. The first kappa shape index (κ1) is 14.5. The number of aromatic amines is 1. The first-order chi connectivity index (χ1) is 9.24. The van der Waals surface area contributed by atoms with Gasteiger partial charge in [0, 0.05) is 19.8 Å². The number of rotatable bonds is 5. The van der Waals surface area contributed by atoms with Crippen molar-refractivity contribution in [1.29, 1.82) is 0 Å². The van der Waals surface area contributed by atoms with Gasteiger partial charge in [-0.3, -0.25) is 5.10 Å². The lowest BCUT2D eigenvalue weighted by molar-refractivity contribution is 0.559. The molecule has 20 heavy (non-hydrogen) atoms. The normalized spacial score (nSPS) is 12.6. The second-order valence-electron chi connectivity index (χ2n) is 5.16. The molecule has 2 heterocycles. The molecule has 0 aliphatic carbocycles. The highest BCUT2D eigenvalue weighted by molar-refractivity contribution is 7.92. The van der Waals surface area contributed by atoms with Crippen LogP contribution in [0.5, 0.6) is 0 Å². The number of anilines is 2. The maximum atomic E-state index is 11.7. The molecule has 0 aliphatic heterocycles. The van der Waals surface area contributed by atoms with E-state index in [1.807, 2.05) is 0 Å². The molecule has 8 nitrogen and oxygen atoms in total. The zero-order valence-corrected chi connectivity index (χ0v) is 12.7. The number of hydrogen-bond donors (Lipinski definition) is 3. The van der Waals surface area contributed by atoms with Crippen LogP contribution in [0.1, 0.15) is 13.8 Å². The van der Waals surface area contributed by atoms with Gasteiger partial charge in [-0.2, -0.15) is 15.1 Å². The van der Waals surface area contributed by atoms with Crippen LogP contribution in [0.25, 0.3) is 11.0 Å². The molecule has 2 aromatic heterocycles. The van der Waals surface area contributed by atoms with Crippen LogP contribution in [0, 0.1) is 0 Å². The van der Waals surface area contributed by atoms with Gasteiger partial charge in [0.25, 0.3) is 0 Å². The van der Waals surface area contributed by atoms with Gasteiger partial charge in [-0.1, -0.05) is 0 Å². The molecule has 9 heteroatoms. The Labute approximate surface area is 117 Å². The summed E-state index contributed by atoms with van der Waals surface area (Å²) in [5.41, 5.74) is 0.587. The fraction of sp³-hybridized carbons (Fsp3) is 0.545. The van der Waals surface area contributed by atoms with Crippen LogP contribution in [-0.4, -0.2) is 53.2 Å². The lowest BCUT2D eigenvalue weighted by Gasteiger charge is -2.23. The molecule has 0 bridgehead atoms. The van der Waals surface area contributed by atoms with Crippen molar-refractivity contribution in [2.75, 3.05) is 30.5 Å². The standard InChI is InChI=1S/C11H18N6O2S/c1-11(2,20(4,18)19)6-13-8-7-5-14-17-9(7)16-10(12-3)15-8/h5H,6H2,1-4H3,(H3,12,13,14,15,16,17). The van der Waals surface area contributed by atoms with E-state index >= 15 is 0 Å². The second kappa shape index (κ2) is 4.89. The van der Waals surface area contributed by atoms with Crippen LogP contribution in [0.4, 0.5) is 11.8 Å². The van der Waals surface area contributed by atoms with E-state index in [2.05, 4.69) is 30.8 Å². The quantitative estimate of drug-likeness (QED) is 0.742. The van der Waals surface area contributed by atoms with Crippen molar-refractivity contribution >= 4 is 32.6 Å². The van der Waals surface area contributed by atoms with Gasteiger partial charge in [0.1, 0.15) is 5.82 Å². The number of sulfone groups is 1. The topological polar surface area (TPSA) is 113 Å². The molecular weight excluding hydrogens is 280 g/mol. The Morgan fingerprint density at radius 2 is 2.05 bits per heavy atom. The molecule has 0 amide bonds. The third kappa shape index (κ3) is 2.67. The summed E-state index contributed by atoms with van der Waals surface area (Å²) in [6.07, 6.45) is 2.83. The van der Waals surface area contributed by atoms with Crippen molar-refractivity contribution in [3.05, 3.63) is 6.20 Å². The number of fused-ring (bicyclic) bond motifs is 1. The molecule has 0 aliphatic rings. The molecule has 110 valence electrons. The van der Waals surface area contributed by atoms with E-state index in [0.717, 1.165) is 0 Å². The molecule has 2 aromatic rings. The summed E-state index contributed by atoms with van der Waals surface area (Å²) < 4.78 is 22.5. The van der Waals surface area contributed by atoms with E-state index in [9.17, 15) is 8.42 Å². The van der Waals surface area contributed by atoms with Gasteiger partial charge in [-0.15, -0.1) is 0 Å². The summed E-state index contributed by atoms with van der Waals surface area (Å²) >= 11 is 0. The molecule has 0 radical (unpaired) electrons. The van der Waals surface area contributed by atoms with E-state index in [-0.39, 0.29) is 6.54 Å². The highest BCUT2D eigenvalue weighted by atomic mass is 32.2. The molecule has 0 saturated carbocycles. The number of nitrogens with one attached hydrogen (secondary N) is 3. The monoisotopic (exact) mass is 298 g/mol. The maximum Gasteiger partial charge on any atom is 0.226 e. The Morgan fingerprint density at radius 1 is 1.35 bits per heavy atom. The molecule has 0 saturated heterocycles. The van der Waals surface area contributed by atoms with Crippen LogP contribution in [0.3, 0.4) is 0 Å². The average Bonchev–Trinajstić information content (AvgIpc) is 2.82. The average molecular weight is 298 g/mol. The van der Waals surface area contributed by atoms with Gasteiger partial charge in [-0.05, 0) is 13.8 Å². The molecule has 0 unspecified atom stereocenters. The molecule has 0 spiro atoms. The molecular formula is C11H18N6O2S. The third-order valence-electron chi connectivity index (χ3n) is 3.22. The van der Waals surface area contributed by atoms with Gasteiger partial charge in [0.2, 0.25) is 5.95 Å². The van der Waals surface area contributed by atoms with Crippen LogP contribution in [0.15, 0.2) is 6.20 Å². The third-order valence-corrected chi connectivity index (χ3v) is 5.37. The van der Waals surface area contributed by atoms with E-state index in [1.54, 1.807) is 27.1 Å². The van der Waals surface area contributed by atoms with Crippen LogP contribution < -0.4 is 10.6 Å². The lowest BCUT2D eigenvalue weighted by atomic mass is 10.2. The lowest BCUT2D eigenvalue weighted by Crippen LogP contribution is -2.38. The Balaban J connectivity index is 2.32. The van der Waals surface area contributed by atoms with Crippen LogP contribution >= 0.6 is 0 Å². The first-order valence-corrected chi connectivity index (χ1v) is 7.96. The Bertz CT molecular complexity index is 722. The van der Waals surface area contributed by atoms with Crippen molar-refractivity contribution < 1.29 is 8.42 Å². The van der Waals surface area contributed by atoms with Crippen molar-refractivity contribution in [2.45, 2.75) is 18.6 Å².